The summed E-state index contributed by atoms with van der Waals surface area (Å²) in [5, 5.41) is 2.42. The molecule has 11 heavy (non-hydrogen) atoms. The highest BCUT2D eigenvalue weighted by Gasteiger charge is 2.01. The molecule has 0 aromatic heterocycles. The lowest BCUT2D eigenvalue weighted by atomic mass is 10.4. The van der Waals surface area contributed by atoms with E-state index in [4.69, 9.17) is 10.5 Å². The summed E-state index contributed by atoms with van der Waals surface area (Å²) in [5.74, 6) is 0. The second kappa shape index (κ2) is 5.97. The first-order valence-electron chi connectivity index (χ1n) is 3.85. The van der Waals surface area contributed by atoms with Crippen LogP contribution in [-0.2, 0) is 4.74 Å². The van der Waals surface area contributed by atoms with Gasteiger partial charge in [-0.15, -0.1) is 0 Å². The molecule has 0 fully saturated rings. The molecule has 0 aliphatic rings. The number of carbonyl (C=O) groups excluding carboxylic acids is 1. The average molecular weight is 160 g/mol. The van der Waals surface area contributed by atoms with Crippen LogP contribution in [0.5, 0.6) is 0 Å². The topological polar surface area (TPSA) is 64.3 Å². The molecule has 1 atom stereocenters. The lowest BCUT2D eigenvalue weighted by molar-refractivity contribution is 0.141. The van der Waals surface area contributed by atoms with Crippen LogP contribution in [0.3, 0.4) is 0 Å². The minimum Gasteiger partial charge on any atom is -0.450 e. The van der Waals surface area contributed by atoms with Crippen LogP contribution in [0.2, 0.25) is 0 Å². The van der Waals surface area contributed by atoms with E-state index in [0.717, 1.165) is 12.8 Å². The summed E-state index contributed by atoms with van der Waals surface area (Å²) in [6.45, 7) is 4.18. The Labute approximate surface area is 67.1 Å². The summed E-state index contributed by atoms with van der Waals surface area (Å²) >= 11 is 0. The Morgan fingerprint density at radius 1 is 1.73 bits per heavy atom. The molecule has 0 aliphatic carbocycles. The Kier molecular flexibility index (Phi) is 5.56. The number of hydrogen-bond acceptors (Lipinski definition) is 3. The number of rotatable bonds is 4. The van der Waals surface area contributed by atoms with Gasteiger partial charge in [-0.3, -0.25) is 0 Å². The van der Waals surface area contributed by atoms with Gasteiger partial charge in [-0.1, -0.05) is 13.3 Å². The van der Waals surface area contributed by atoms with Crippen molar-refractivity contribution in [2.45, 2.75) is 32.9 Å². The number of hydrogen-bond donors (Lipinski definition) is 2. The number of ether oxygens (including phenoxy) is 1. The summed E-state index contributed by atoms with van der Waals surface area (Å²) in [7, 11) is 0. The fourth-order valence-electron chi connectivity index (χ4n) is 0.537. The first-order valence-corrected chi connectivity index (χ1v) is 3.85. The van der Waals surface area contributed by atoms with Crippen LogP contribution >= 0.6 is 0 Å². The Morgan fingerprint density at radius 3 is 2.82 bits per heavy atom. The minimum atomic E-state index is -0.437. The lowest BCUT2D eigenvalue weighted by Crippen LogP contribution is -2.39. The predicted molar refractivity (Wildman–Crippen MR) is 43.0 cm³/mol. The van der Waals surface area contributed by atoms with Gasteiger partial charge >= 0.3 is 6.09 Å². The summed E-state index contributed by atoms with van der Waals surface area (Å²) in [6, 6.07) is 0. The molecule has 4 nitrogen and oxygen atoms in total. The molecular formula is C7H16N2O2. The Bertz CT molecular complexity index is 115. The van der Waals surface area contributed by atoms with E-state index in [1.165, 1.54) is 0 Å². The maximum atomic E-state index is 10.7. The van der Waals surface area contributed by atoms with Crippen molar-refractivity contribution in [3.05, 3.63) is 0 Å². The standard InChI is InChI=1S/C7H16N2O2/c1-3-4-5-11-7(10)9-6(2)8/h6H,3-5,8H2,1-2H3,(H,9,10). The second-order valence-electron chi connectivity index (χ2n) is 2.42. The first-order chi connectivity index (χ1) is 5.16. The van der Waals surface area contributed by atoms with E-state index in [1.54, 1.807) is 6.92 Å². The minimum absolute atomic E-state index is 0.343. The fraction of sp³-hybridized carbons (Fsp3) is 0.857. The van der Waals surface area contributed by atoms with Crippen LogP contribution < -0.4 is 11.1 Å². The van der Waals surface area contributed by atoms with Crippen molar-refractivity contribution in [1.29, 1.82) is 0 Å². The van der Waals surface area contributed by atoms with E-state index in [0.29, 0.717) is 6.61 Å². The quantitative estimate of drug-likeness (QED) is 0.472. The molecule has 4 heteroatoms. The van der Waals surface area contributed by atoms with Crippen LogP contribution in [-0.4, -0.2) is 18.9 Å². The summed E-state index contributed by atoms with van der Waals surface area (Å²) in [6.07, 6.45) is 1.13. The molecule has 0 saturated heterocycles. The molecule has 0 aromatic carbocycles. The van der Waals surface area contributed by atoms with E-state index in [9.17, 15) is 4.79 Å². The smallest absolute Gasteiger partial charge is 0.408 e. The number of unbranched alkanes of at least 4 members (excludes halogenated alkanes) is 1. The van der Waals surface area contributed by atoms with Gasteiger partial charge in [-0.05, 0) is 13.3 Å². The molecule has 0 spiro atoms. The lowest BCUT2D eigenvalue weighted by Gasteiger charge is -2.08. The molecule has 66 valence electrons. The van der Waals surface area contributed by atoms with E-state index in [2.05, 4.69) is 5.32 Å². The zero-order valence-electron chi connectivity index (χ0n) is 7.09. The second-order valence-corrected chi connectivity index (χ2v) is 2.42. The highest BCUT2D eigenvalue weighted by Crippen LogP contribution is 1.88. The molecule has 1 amide bonds. The largest absolute Gasteiger partial charge is 0.450 e. The maximum absolute atomic E-state index is 10.7. The van der Waals surface area contributed by atoms with Crippen molar-refractivity contribution >= 4 is 6.09 Å². The Balaban J connectivity index is 3.23. The third-order valence-electron chi connectivity index (χ3n) is 1.08. The van der Waals surface area contributed by atoms with Crippen molar-refractivity contribution in [2.24, 2.45) is 5.73 Å². The van der Waals surface area contributed by atoms with Crippen LogP contribution in [0.25, 0.3) is 0 Å². The SMILES string of the molecule is CCCCOC(=O)NC(C)N. The molecule has 0 aliphatic heterocycles. The van der Waals surface area contributed by atoms with Crippen molar-refractivity contribution in [3.63, 3.8) is 0 Å². The zero-order chi connectivity index (χ0) is 8.69. The summed E-state index contributed by atoms with van der Waals surface area (Å²) in [4.78, 5) is 10.7. The van der Waals surface area contributed by atoms with Gasteiger partial charge in [0.1, 0.15) is 0 Å². The number of carbonyl (C=O) groups is 1. The molecule has 0 bridgehead atoms. The van der Waals surface area contributed by atoms with Crippen molar-refractivity contribution in [2.75, 3.05) is 6.61 Å². The average Bonchev–Trinajstić information content (AvgIpc) is 1.86. The zero-order valence-corrected chi connectivity index (χ0v) is 7.09. The summed E-state index contributed by atoms with van der Waals surface area (Å²) < 4.78 is 4.76. The van der Waals surface area contributed by atoms with Gasteiger partial charge < -0.3 is 15.8 Å². The van der Waals surface area contributed by atoms with Crippen LogP contribution in [0, 0.1) is 0 Å². The van der Waals surface area contributed by atoms with Gasteiger partial charge in [-0.25, -0.2) is 4.79 Å². The number of amides is 1. The molecular weight excluding hydrogens is 144 g/mol. The molecule has 0 radical (unpaired) electrons. The van der Waals surface area contributed by atoms with E-state index in [1.807, 2.05) is 6.92 Å². The molecule has 0 heterocycles. The molecule has 0 aromatic rings. The van der Waals surface area contributed by atoms with Gasteiger partial charge in [0.25, 0.3) is 0 Å². The summed E-state index contributed by atoms with van der Waals surface area (Å²) in [5.41, 5.74) is 5.29. The van der Waals surface area contributed by atoms with E-state index < -0.39 is 6.09 Å². The first kappa shape index (κ1) is 10.2. The van der Waals surface area contributed by atoms with Gasteiger partial charge in [0.15, 0.2) is 0 Å². The highest BCUT2D eigenvalue weighted by atomic mass is 16.5. The monoisotopic (exact) mass is 160 g/mol. The number of nitrogens with two attached hydrogens (primary N) is 1. The third kappa shape index (κ3) is 7.12. The number of nitrogens with one attached hydrogen (secondary N) is 1. The fourth-order valence-corrected chi connectivity index (χ4v) is 0.537. The van der Waals surface area contributed by atoms with Gasteiger partial charge in [0, 0.05) is 0 Å². The van der Waals surface area contributed by atoms with E-state index in [-0.39, 0.29) is 6.17 Å². The van der Waals surface area contributed by atoms with Gasteiger partial charge in [-0.2, -0.15) is 0 Å². The van der Waals surface area contributed by atoms with Gasteiger partial charge in [0.2, 0.25) is 0 Å². The van der Waals surface area contributed by atoms with Crippen LogP contribution in [0.15, 0.2) is 0 Å². The van der Waals surface area contributed by atoms with Gasteiger partial charge in [0.05, 0.1) is 12.8 Å². The maximum Gasteiger partial charge on any atom is 0.408 e. The van der Waals surface area contributed by atoms with Crippen LogP contribution in [0.1, 0.15) is 26.7 Å². The number of alkyl carbamates (subject to hydrolysis) is 1. The normalized spacial score (nSPS) is 12.3. The molecule has 0 saturated carbocycles. The van der Waals surface area contributed by atoms with Crippen molar-refractivity contribution in [3.8, 4) is 0 Å². The van der Waals surface area contributed by atoms with Crippen LogP contribution in [0.4, 0.5) is 4.79 Å². The van der Waals surface area contributed by atoms with Crippen molar-refractivity contribution < 1.29 is 9.53 Å². The molecule has 3 N–H and O–H groups in total. The van der Waals surface area contributed by atoms with Crippen molar-refractivity contribution in [1.82, 2.24) is 5.32 Å². The predicted octanol–water partition coefficient (Wildman–Crippen LogP) is 0.817. The Hall–Kier alpha value is -0.770. The molecule has 0 rings (SSSR count). The Morgan fingerprint density at radius 2 is 2.36 bits per heavy atom. The molecule has 1 unspecified atom stereocenters. The highest BCUT2D eigenvalue weighted by molar-refractivity contribution is 5.67. The third-order valence-corrected chi connectivity index (χ3v) is 1.08. The van der Waals surface area contributed by atoms with E-state index >= 15 is 0 Å².